The summed E-state index contributed by atoms with van der Waals surface area (Å²) in [6, 6.07) is 21.0. The maximum atomic E-state index is 13.2. The molecular formula is C27H27N3O2. The van der Waals surface area contributed by atoms with Gasteiger partial charge in [0, 0.05) is 34.8 Å². The number of nitrogens with one attached hydrogen (secondary N) is 1. The van der Waals surface area contributed by atoms with Crippen LogP contribution in [0.2, 0.25) is 0 Å². The van der Waals surface area contributed by atoms with E-state index in [0.29, 0.717) is 22.6 Å². The topological polar surface area (TPSA) is 54.3 Å². The van der Waals surface area contributed by atoms with E-state index in [0.717, 1.165) is 48.6 Å². The number of fused-ring (bicyclic) bond motifs is 2. The quantitative estimate of drug-likeness (QED) is 0.513. The lowest BCUT2D eigenvalue weighted by Gasteiger charge is -2.29. The third kappa shape index (κ3) is 3.92. The van der Waals surface area contributed by atoms with Crippen molar-refractivity contribution in [3.63, 3.8) is 0 Å². The van der Waals surface area contributed by atoms with Crippen LogP contribution in [0.25, 0.3) is 21.5 Å². The van der Waals surface area contributed by atoms with E-state index in [1.165, 1.54) is 0 Å². The molecule has 0 bridgehead atoms. The number of aromatic nitrogens is 1. The van der Waals surface area contributed by atoms with Crippen molar-refractivity contribution in [2.24, 2.45) is 5.92 Å². The van der Waals surface area contributed by atoms with Crippen LogP contribution in [0.15, 0.2) is 77.7 Å². The number of likely N-dealkylation sites (tertiary alicyclic amines) is 1. The molecule has 0 radical (unpaired) electrons. The molecule has 2 heterocycles. The van der Waals surface area contributed by atoms with E-state index in [9.17, 15) is 9.59 Å². The Morgan fingerprint density at radius 2 is 1.62 bits per heavy atom. The highest BCUT2D eigenvalue weighted by molar-refractivity contribution is 6.15. The normalized spacial score (nSPS) is 15.3. The number of pyridine rings is 1. The van der Waals surface area contributed by atoms with Crippen LogP contribution in [-0.4, -0.2) is 35.5 Å². The molecule has 4 aromatic rings. The number of carbonyl (C=O) groups excluding carboxylic acids is 1. The molecule has 1 fully saturated rings. The molecule has 0 spiro atoms. The fourth-order valence-electron chi connectivity index (χ4n) is 4.71. The number of hydrogen-bond acceptors (Lipinski definition) is 3. The molecule has 0 unspecified atom stereocenters. The second kappa shape index (κ2) is 8.60. The number of benzene rings is 3. The molecule has 5 nitrogen and oxygen atoms in total. The van der Waals surface area contributed by atoms with Crippen molar-refractivity contribution in [1.82, 2.24) is 9.47 Å². The van der Waals surface area contributed by atoms with Crippen LogP contribution in [0.4, 0.5) is 5.69 Å². The van der Waals surface area contributed by atoms with Crippen LogP contribution in [0.3, 0.4) is 0 Å². The summed E-state index contributed by atoms with van der Waals surface area (Å²) in [5.41, 5.74) is 1.28. The molecule has 0 atom stereocenters. The van der Waals surface area contributed by atoms with Gasteiger partial charge in [-0.2, -0.15) is 0 Å². The molecule has 1 aliphatic heterocycles. The molecule has 0 saturated carbocycles. The molecule has 5 rings (SSSR count). The number of hydrogen-bond donors (Lipinski definition) is 1. The van der Waals surface area contributed by atoms with Gasteiger partial charge in [-0.25, -0.2) is 0 Å². The van der Waals surface area contributed by atoms with Crippen molar-refractivity contribution < 1.29 is 4.79 Å². The van der Waals surface area contributed by atoms with E-state index < -0.39 is 0 Å². The van der Waals surface area contributed by atoms with Crippen molar-refractivity contribution in [2.75, 3.05) is 25.5 Å². The summed E-state index contributed by atoms with van der Waals surface area (Å²) in [6.45, 7) is 2.91. The van der Waals surface area contributed by atoms with Crippen molar-refractivity contribution >= 4 is 33.1 Å². The van der Waals surface area contributed by atoms with Gasteiger partial charge in [0.25, 0.3) is 11.5 Å². The maximum absolute atomic E-state index is 13.2. The van der Waals surface area contributed by atoms with Crippen LogP contribution < -0.4 is 10.9 Å². The average molecular weight is 426 g/mol. The van der Waals surface area contributed by atoms with Gasteiger partial charge >= 0.3 is 0 Å². The molecule has 5 heteroatoms. The van der Waals surface area contributed by atoms with Crippen molar-refractivity contribution in [3.8, 4) is 0 Å². The van der Waals surface area contributed by atoms with E-state index in [4.69, 9.17) is 0 Å². The van der Waals surface area contributed by atoms with Crippen molar-refractivity contribution in [3.05, 3.63) is 88.8 Å². The molecule has 1 N–H and O–H groups in total. The molecular weight excluding hydrogens is 398 g/mol. The van der Waals surface area contributed by atoms with Crippen LogP contribution in [0.1, 0.15) is 23.2 Å². The Labute approximate surface area is 187 Å². The summed E-state index contributed by atoms with van der Waals surface area (Å²) >= 11 is 0. The highest BCUT2D eigenvalue weighted by Crippen LogP contribution is 2.25. The Morgan fingerprint density at radius 1 is 0.906 bits per heavy atom. The Bertz CT molecular complexity index is 1340. The zero-order valence-corrected chi connectivity index (χ0v) is 18.3. The summed E-state index contributed by atoms with van der Waals surface area (Å²) in [5, 5.41) is 6.37. The number of rotatable bonds is 4. The Hall–Kier alpha value is -3.44. The van der Waals surface area contributed by atoms with E-state index >= 15 is 0 Å². The minimum atomic E-state index is -0.176. The van der Waals surface area contributed by atoms with Crippen molar-refractivity contribution in [2.45, 2.75) is 19.4 Å². The molecule has 0 aliphatic carbocycles. The van der Waals surface area contributed by atoms with Gasteiger partial charge in [-0.3, -0.25) is 9.59 Å². The first-order valence-corrected chi connectivity index (χ1v) is 11.2. The lowest BCUT2D eigenvalue weighted by atomic mass is 9.97. The third-order valence-corrected chi connectivity index (χ3v) is 6.59. The first-order chi connectivity index (χ1) is 15.6. The number of carbonyl (C=O) groups is 1. The van der Waals surface area contributed by atoms with Gasteiger partial charge in [-0.05, 0) is 73.9 Å². The SMILES string of the molecule is CN1CCC(Cn2ccc3c(NC(=O)c4cccc5ccccc45)cccc3c2=O)CC1. The summed E-state index contributed by atoms with van der Waals surface area (Å²) in [7, 11) is 2.15. The highest BCUT2D eigenvalue weighted by atomic mass is 16.1. The first-order valence-electron chi connectivity index (χ1n) is 11.2. The second-order valence-electron chi connectivity index (χ2n) is 8.77. The summed E-state index contributed by atoms with van der Waals surface area (Å²) in [4.78, 5) is 28.6. The van der Waals surface area contributed by atoms with Crippen molar-refractivity contribution in [1.29, 1.82) is 0 Å². The zero-order valence-electron chi connectivity index (χ0n) is 18.3. The van der Waals surface area contributed by atoms with Gasteiger partial charge in [0.05, 0.1) is 0 Å². The summed E-state index contributed by atoms with van der Waals surface area (Å²) in [6.07, 6.45) is 4.10. The van der Waals surface area contributed by atoms with Gasteiger partial charge in [-0.1, -0.05) is 42.5 Å². The number of piperidine rings is 1. The summed E-state index contributed by atoms with van der Waals surface area (Å²) < 4.78 is 1.83. The molecule has 1 aromatic heterocycles. The number of nitrogens with zero attached hydrogens (tertiary/aromatic N) is 2. The van der Waals surface area contributed by atoms with E-state index in [1.54, 1.807) is 0 Å². The lowest BCUT2D eigenvalue weighted by molar-refractivity contribution is 0.102. The van der Waals surface area contributed by atoms with Crippen LogP contribution in [0, 0.1) is 5.92 Å². The molecule has 1 aliphatic rings. The highest BCUT2D eigenvalue weighted by Gasteiger charge is 2.18. The predicted octanol–water partition coefficient (Wildman–Crippen LogP) is 4.75. The molecule has 162 valence electrons. The Kier molecular flexibility index (Phi) is 5.50. The number of anilines is 1. The van der Waals surface area contributed by atoms with Gasteiger partial charge < -0.3 is 14.8 Å². The number of amides is 1. The lowest BCUT2D eigenvalue weighted by Crippen LogP contribution is -2.33. The van der Waals surface area contributed by atoms with E-state index in [1.807, 2.05) is 77.5 Å². The van der Waals surface area contributed by atoms with Gasteiger partial charge in [-0.15, -0.1) is 0 Å². The Balaban J connectivity index is 1.44. The minimum absolute atomic E-state index is 0.00249. The average Bonchev–Trinajstić information content (AvgIpc) is 2.82. The van der Waals surface area contributed by atoms with E-state index in [2.05, 4.69) is 17.3 Å². The van der Waals surface area contributed by atoms with Gasteiger partial charge in [0.1, 0.15) is 0 Å². The second-order valence-corrected chi connectivity index (χ2v) is 8.77. The summed E-state index contributed by atoms with van der Waals surface area (Å²) in [5.74, 6) is 0.348. The maximum Gasteiger partial charge on any atom is 0.258 e. The minimum Gasteiger partial charge on any atom is -0.321 e. The molecule has 1 saturated heterocycles. The van der Waals surface area contributed by atoms with Crippen LogP contribution in [-0.2, 0) is 6.54 Å². The standard InChI is InChI=1S/C27H27N3O2/c1-29-15-12-19(13-16-29)18-30-17-14-22-24(27(30)32)10-5-11-25(22)28-26(31)23-9-4-7-20-6-2-3-8-21(20)23/h2-11,14,17,19H,12-13,15-16,18H2,1H3,(H,28,31). The van der Waals surface area contributed by atoms with Gasteiger partial charge in [0.15, 0.2) is 0 Å². The third-order valence-electron chi connectivity index (χ3n) is 6.59. The fraction of sp³-hybridized carbons (Fsp3) is 0.259. The van der Waals surface area contributed by atoms with Gasteiger partial charge in [0.2, 0.25) is 0 Å². The largest absolute Gasteiger partial charge is 0.321 e. The molecule has 3 aromatic carbocycles. The Morgan fingerprint density at radius 3 is 2.47 bits per heavy atom. The first kappa shape index (κ1) is 20.5. The smallest absolute Gasteiger partial charge is 0.258 e. The fourth-order valence-corrected chi connectivity index (χ4v) is 4.71. The monoisotopic (exact) mass is 425 g/mol. The zero-order chi connectivity index (χ0) is 22.1. The molecule has 1 amide bonds. The molecule has 32 heavy (non-hydrogen) atoms. The van der Waals surface area contributed by atoms with Crippen LogP contribution in [0.5, 0.6) is 0 Å². The van der Waals surface area contributed by atoms with E-state index in [-0.39, 0.29) is 11.5 Å². The predicted molar refractivity (Wildman–Crippen MR) is 130 cm³/mol. The van der Waals surface area contributed by atoms with Crippen LogP contribution >= 0.6 is 0 Å².